The third-order valence-corrected chi connectivity index (χ3v) is 1.41. The minimum atomic E-state index is -2.34. The zero-order chi connectivity index (χ0) is 4.99. The molecule has 0 heterocycles. The van der Waals surface area contributed by atoms with Gasteiger partial charge in [0.05, 0.1) is 0 Å². The second kappa shape index (κ2) is 3.46. The second-order valence-electron chi connectivity index (χ2n) is 0.699. The van der Waals surface area contributed by atoms with Crippen LogP contribution in [0, 0.1) is 0 Å². The molecular weight excluding hydrogens is 190 g/mol. The Labute approximate surface area is 47.5 Å². The summed E-state index contributed by atoms with van der Waals surface area (Å²) in [6, 6.07) is 0. The van der Waals surface area contributed by atoms with E-state index < -0.39 is 29.9 Å². The molecule has 0 bridgehead atoms. The molecule has 0 atom stereocenters. The maximum atomic E-state index is 11.0. The van der Waals surface area contributed by atoms with E-state index in [1.165, 1.54) is 6.92 Å². The van der Waals surface area contributed by atoms with E-state index >= 15 is 0 Å². The average molecular weight is 193 g/mol. The summed E-state index contributed by atoms with van der Waals surface area (Å²) >= 11 is -2.34. The van der Waals surface area contributed by atoms with Crippen LogP contribution >= 0.6 is 0 Å². The molecule has 0 amide bonds. The maximum absolute atomic E-state index is 11.0. The topological polar surface area (TPSA) is 26.3 Å². The Morgan fingerprint density at radius 3 is 2.50 bits per heavy atom. The summed E-state index contributed by atoms with van der Waals surface area (Å²) < 4.78 is 14.9. The van der Waals surface area contributed by atoms with Crippen molar-refractivity contribution in [2.75, 3.05) is 0 Å². The third-order valence-electron chi connectivity index (χ3n) is 0.211. The summed E-state index contributed by atoms with van der Waals surface area (Å²) in [5, 5.41) is 0. The molecule has 0 unspecified atom stereocenters. The molecule has 0 aromatic carbocycles. The van der Waals surface area contributed by atoms with Crippen LogP contribution in [0.4, 0.5) is 2.66 Å². The molecule has 0 saturated heterocycles. The summed E-state index contributed by atoms with van der Waals surface area (Å²) in [6.07, 6.45) is 0. The van der Waals surface area contributed by atoms with Crippen molar-refractivity contribution in [2.24, 2.45) is 0 Å². The van der Waals surface area contributed by atoms with Crippen molar-refractivity contribution in [3.05, 3.63) is 0 Å². The Bertz CT molecular complexity index is 55.5. The van der Waals surface area contributed by atoms with E-state index in [9.17, 15) is 7.46 Å². The average Bonchev–Trinajstić information content (AvgIpc) is 1.35. The molecule has 0 aliphatic carbocycles. The number of carbonyl (C=O) groups excluding carboxylic acids is 1. The van der Waals surface area contributed by atoms with Gasteiger partial charge in [0.2, 0.25) is 0 Å². The van der Waals surface area contributed by atoms with E-state index in [-0.39, 0.29) is 0 Å². The quantitative estimate of drug-likeness (QED) is 0.588. The molecule has 0 rings (SSSR count). The molecule has 6 heavy (non-hydrogen) atoms. The van der Waals surface area contributed by atoms with Crippen molar-refractivity contribution >= 4 is 29.9 Å². The predicted octanol–water partition coefficient (Wildman–Crippen LogP) is 0.0532. The zero-order valence-corrected chi connectivity index (χ0v) is 6.57. The molecule has 0 fully saturated rings. The Morgan fingerprint density at radius 1 is 2.00 bits per heavy atom. The summed E-state index contributed by atoms with van der Waals surface area (Å²) in [7, 11) is 0. The van der Waals surface area contributed by atoms with Crippen molar-refractivity contribution in [3.63, 3.8) is 0 Å². The van der Waals surface area contributed by atoms with E-state index in [0.717, 1.165) is 0 Å². The van der Waals surface area contributed by atoms with Gasteiger partial charge in [0, 0.05) is 0 Å². The predicted molar refractivity (Wildman–Crippen MR) is 18.6 cm³/mol. The molecule has 2 nitrogen and oxygen atoms in total. The molecule has 0 aromatic rings. The first kappa shape index (κ1) is 6.27. The van der Waals surface area contributed by atoms with Gasteiger partial charge in [0.15, 0.2) is 0 Å². The van der Waals surface area contributed by atoms with Gasteiger partial charge < -0.3 is 0 Å². The van der Waals surface area contributed by atoms with Crippen LogP contribution in [-0.4, -0.2) is 29.9 Å². The van der Waals surface area contributed by atoms with Crippen LogP contribution in [0.1, 0.15) is 6.92 Å². The van der Waals surface area contributed by atoms with Crippen LogP contribution in [0.3, 0.4) is 0 Å². The van der Waals surface area contributed by atoms with E-state index in [1.54, 1.807) is 0 Å². The SMILES string of the molecule is CC(=O)[O][In][F]. The van der Waals surface area contributed by atoms with Crippen LogP contribution in [0.15, 0.2) is 0 Å². The molecule has 0 aliphatic heterocycles. The zero-order valence-electron chi connectivity index (χ0n) is 3.27. The van der Waals surface area contributed by atoms with Crippen molar-refractivity contribution < 1.29 is 10.3 Å². The fraction of sp³-hybridized carbons (Fsp3) is 0.500. The van der Waals surface area contributed by atoms with Gasteiger partial charge in [-0.05, 0) is 0 Å². The molecule has 33 valence electrons. The number of halogens is 1. The molecular formula is C2H3FInO2. The van der Waals surface area contributed by atoms with Crippen molar-refractivity contribution in [3.8, 4) is 0 Å². The number of hydrogen-bond acceptors (Lipinski definition) is 2. The van der Waals surface area contributed by atoms with E-state index in [1.807, 2.05) is 0 Å². The van der Waals surface area contributed by atoms with Gasteiger partial charge in [-0.1, -0.05) is 0 Å². The summed E-state index contributed by atoms with van der Waals surface area (Å²) in [4.78, 5) is 9.63. The fourth-order valence-electron chi connectivity index (χ4n) is 0.0627. The molecule has 0 aliphatic rings. The molecule has 1 radical (unpaired) electrons. The first-order valence-corrected chi connectivity index (χ1v) is 3.95. The van der Waals surface area contributed by atoms with Crippen LogP contribution < -0.4 is 0 Å². The first-order chi connectivity index (χ1) is 2.77. The normalized spacial score (nSPS) is 7.00. The van der Waals surface area contributed by atoms with Crippen molar-refractivity contribution in [1.29, 1.82) is 0 Å². The monoisotopic (exact) mass is 193 g/mol. The molecule has 0 N–H and O–H groups in total. The van der Waals surface area contributed by atoms with Gasteiger partial charge in [-0.15, -0.1) is 0 Å². The standard InChI is InChI=1S/C2H4O2.FH.In/c1-2(3)4;;/h1H3,(H,3,4);1H;/q;;+2/p-2. The summed E-state index contributed by atoms with van der Waals surface area (Å²) in [5.74, 6) is -0.501. The second-order valence-corrected chi connectivity index (χ2v) is 1.88. The van der Waals surface area contributed by atoms with E-state index in [4.69, 9.17) is 0 Å². The Balaban J connectivity index is 2.83. The fourth-order valence-corrected chi connectivity index (χ4v) is 0.421. The van der Waals surface area contributed by atoms with Gasteiger partial charge in [-0.3, -0.25) is 0 Å². The number of rotatable bonds is 1. The van der Waals surface area contributed by atoms with Gasteiger partial charge >= 0.3 is 47.2 Å². The van der Waals surface area contributed by atoms with E-state index in [2.05, 4.69) is 2.85 Å². The van der Waals surface area contributed by atoms with Gasteiger partial charge in [0.25, 0.3) is 0 Å². The van der Waals surface area contributed by atoms with Crippen LogP contribution in [0.2, 0.25) is 0 Å². The van der Waals surface area contributed by atoms with E-state index in [0.29, 0.717) is 0 Å². The van der Waals surface area contributed by atoms with Crippen molar-refractivity contribution in [2.45, 2.75) is 6.92 Å². The van der Waals surface area contributed by atoms with Crippen LogP contribution in [0.5, 0.6) is 0 Å². The molecule has 0 aromatic heterocycles. The Hall–Kier alpha value is 0.270. The molecule has 0 spiro atoms. The Kier molecular flexibility index (Phi) is 3.62. The molecule has 4 heteroatoms. The van der Waals surface area contributed by atoms with Gasteiger partial charge in [-0.2, -0.15) is 0 Å². The number of carbonyl (C=O) groups is 1. The van der Waals surface area contributed by atoms with Gasteiger partial charge in [0.1, 0.15) is 0 Å². The number of hydrogen-bond donors (Lipinski definition) is 0. The summed E-state index contributed by atoms with van der Waals surface area (Å²) in [5.41, 5.74) is 0. The van der Waals surface area contributed by atoms with Crippen LogP contribution in [-0.2, 0) is 7.65 Å². The van der Waals surface area contributed by atoms with Crippen molar-refractivity contribution in [1.82, 2.24) is 0 Å². The van der Waals surface area contributed by atoms with Gasteiger partial charge in [-0.25, -0.2) is 0 Å². The van der Waals surface area contributed by atoms with Crippen LogP contribution in [0.25, 0.3) is 0 Å². The summed E-state index contributed by atoms with van der Waals surface area (Å²) in [6.45, 7) is 1.20. The molecule has 0 saturated carbocycles. The third kappa shape index (κ3) is 4.27. The Morgan fingerprint density at radius 2 is 2.50 bits per heavy atom. The minimum absolute atomic E-state index is 0.501. The first-order valence-electron chi connectivity index (χ1n) is 1.36.